The average Bonchev–Trinajstić information content (AvgIpc) is 2.99. The molecule has 2 rings (SSSR count). The minimum atomic E-state index is 0.607. The lowest BCUT2D eigenvalue weighted by Crippen LogP contribution is -2.38. The number of pyridine rings is 1. The van der Waals surface area contributed by atoms with E-state index >= 15 is 0 Å². The number of hydrogen-bond donors (Lipinski definition) is 2. The van der Waals surface area contributed by atoms with E-state index in [0.29, 0.717) is 6.54 Å². The monoisotopic (exact) mass is 388 g/mol. The fourth-order valence-electron chi connectivity index (χ4n) is 2.69. The van der Waals surface area contributed by atoms with Gasteiger partial charge < -0.3 is 15.5 Å². The molecule has 0 aliphatic rings. The summed E-state index contributed by atoms with van der Waals surface area (Å²) in [7, 11) is 0. The van der Waals surface area contributed by atoms with Gasteiger partial charge in [-0.3, -0.25) is 0 Å². The van der Waals surface area contributed by atoms with E-state index < -0.39 is 0 Å². The molecule has 0 saturated heterocycles. The van der Waals surface area contributed by atoms with Crippen molar-refractivity contribution in [2.75, 3.05) is 31.1 Å². The van der Waals surface area contributed by atoms with Gasteiger partial charge in [-0.05, 0) is 46.2 Å². The zero-order chi connectivity index (χ0) is 19.6. The first-order valence-electron chi connectivity index (χ1n) is 9.72. The first kappa shape index (κ1) is 21.2. The number of anilines is 1. The maximum atomic E-state index is 4.68. The Balaban J connectivity index is 1.90. The van der Waals surface area contributed by atoms with Crippen LogP contribution >= 0.6 is 11.3 Å². The largest absolute Gasteiger partial charge is 0.357 e. The highest BCUT2D eigenvalue weighted by atomic mass is 32.1. The van der Waals surface area contributed by atoms with E-state index in [1.165, 1.54) is 9.88 Å². The third-order valence-electron chi connectivity index (χ3n) is 4.36. The van der Waals surface area contributed by atoms with E-state index in [9.17, 15) is 0 Å². The maximum absolute atomic E-state index is 4.68. The third kappa shape index (κ3) is 6.50. The lowest BCUT2D eigenvalue weighted by Gasteiger charge is -2.19. The van der Waals surface area contributed by atoms with Crippen LogP contribution in [-0.4, -0.2) is 42.1 Å². The van der Waals surface area contributed by atoms with Crippen molar-refractivity contribution in [3.63, 3.8) is 0 Å². The molecule has 0 radical (unpaired) electrons. The molecule has 0 atom stereocenters. The number of aromatic nitrogens is 2. The van der Waals surface area contributed by atoms with Crippen LogP contribution < -0.4 is 15.5 Å². The van der Waals surface area contributed by atoms with Crippen molar-refractivity contribution in [2.24, 2.45) is 4.99 Å². The smallest absolute Gasteiger partial charge is 0.191 e. The molecular formula is C20H32N6S. The third-order valence-corrected chi connectivity index (χ3v) is 5.50. The van der Waals surface area contributed by atoms with Gasteiger partial charge in [0.1, 0.15) is 5.82 Å². The van der Waals surface area contributed by atoms with Crippen LogP contribution in [0.3, 0.4) is 0 Å². The van der Waals surface area contributed by atoms with Crippen LogP contribution in [0.1, 0.15) is 41.9 Å². The zero-order valence-corrected chi connectivity index (χ0v) is 18.0. The molecule has 2 N–H and O–H groups in total. The number of nitrogens with zero attached hydrogens (tertiary/aromatic N) is 4. The van der Waals surface area contributed by atoms with Gasteiger partial charge in [-0.1, -0.05) is 6.07 Å². The number of aryl methyl sites for hydroxylation is 2. The van der Waals surface area contributed by atoms with Gasteiger partial charge in [0, 0.05) is 43.7 Å². The van der Waals surface area contributed by atoms with Gasteiger partial charge in [0.15, 0.2) is 5.96 Å². The molecule has 0 saturated carbocycles. The molecule has 2 aromatic rings. The highest BCUT2D eigenvalue weighted by Crippen LogP contribution is 2.16. The molecule has 7 heteroatoms. The molecule has 2 heterocycles. The molecule has 0 amide bonds. The molecule has 0 spiro atoms. The van der Waals surface area contributed by atoms with Crippen molar-refractivity contribution < 1.29 is 0 Å². The molecule has 148 valence electrons. The maximum Gasteiger partial charge on any atom is 0.191 e. The van der Waals surface area contributed by atoms with Gasteiger partial charge in [-0.25, -0.2) is 15.0 Å². The minimum absolute atomic E-state index is 0.607. The van der Waals surface area contributed by atoms with Crippen LogP contribution in [0.4, 0.5) is 5.82 Å². The summed E-state index contributed by atoms with van der Waals surface area (Å²) in [5, 5.41) is 7.86. The van der Waals surface area contributed by atoms with Crippen LogP contribution in [0.2, 0.25) is 0 Å². The van der Waals surface area contributed by atoms with Crippen LogP contribution in [0.15, 0.2) is 23.3 Å². The molecule has 0 aliphatic carbocycles. The summed E-state index contributed by atoms with van der Waals surface area (Å²) in [5.74, 6) is 1.85. The van der Waals surface area contributed by atoms with Gasteiger partial charge in [0.25, 0.3) is 0 Å². The Morgan fingerprint density at radius 1 is 1.15 bits per heavy atom. The van der Waals surface area contributed by atoms with E-state index in [-0.39, 0.29) is 0 Å². The van der Waals surface area contributed by atoms with Crippen molar-refractivity contribution in [1.29, 1.82) is 0 Å². The standard InChI is InChI=1S/C20H32N6S/c1-6-21-20(22-12-11-19-25-15(4)16(5)27-19)24-14-17-9-10-18(23-13-17)26(7-2)8-3/h9-10,13H,6-8,11-12,14H2,1-5H3,(H2,21,22,24). The molecule has 0 fully saturated rings. The molecule has 0 bridgehead atoms. The topological polar surface area (TPSA) is 65.4 Å². The van der Waals surface area contributed by atoms with Crippen LogP contribution in [-0.2, 0) is 13.0 Å². The summed E-state index contributed by atoms with van der Waals surface area (Å²) in [5.41, 5.74) is 2.24. The Morgan fingerprint density at radius 3 is 2.48 bits per heavy atom. The molecule has 6 nitrogen and oxygen atoms in total. The quantitative estimate of drug-likeness (QED) is 0.510. The van der Waals surface area contributed by atoms with E-state index in [2.05, 4.69) is 77.2 Å². The number of rotatable bonds is 9. The van der Waals surface area contributed by atoms with Gasteiger partial charge in [0.2, 0.25) is 0 Å². The van der Waals surface area contributed by atoms with Gasteiger partial charge in [-0.2, -0.15) is 0 Å². The Labute approximate surface area is 167 Å². The van der Waals surface area contributed by atoms with Crippen LogP contribution in [0.5, 0.6) is 0 Å². The first-order valence-corrected chi connectivity index (χ1v) is 10.5. The lowest BCUT2D eigenvalue weighted by molar-refractivity contribution is 0.794. The number of guanidine groups is 1. The second-order valence-electron chi connectivity index (χ2n) is 6.32. The van der Waals surface area contributed by atoms with Gasteiger partial charge in [0.05, 0.1) is 17.2 Å². The number of nitrogens with one attached hydrogen (secondary N) is 2. The number of aliphatic imine (C=N–C) groups is 1. The predicted octanol–water partition coefficient (Wildman–Crippen LogP) is 3.30. The average molecular weight is 389 g/mol. The second-order valence-corrected chi connectivity index (χ2v) is 7.61. The number of hydrogen-bond acceptors (Lipinski definition) is 5. The van der Waals surface area contributed by atoms with Crippen molar-refractivity contribution >= 4 is 23.1 Å². The fraction of sp³-hybridized carbons (Fsp3) is 0.550. The molecule has 27 heavy (non-hydrogen) atoms. The predicted molar refractivity (Wildman–Crippen MR) is 116 cm³/mol. The second kappa shape index (κ2) is 10.9. The summed E-state index contributed by atoms with van der Waals surface area (Å²) < 4.78 is 0. The summed E-state index contributed by atoms with van der Waals surface area (Å²) in [6, 6.07) is 4.18. The van der Waals surface area contributed by atoms with Crippen LogP contribution in [0.25, 0.3) is 0 Å². The Hall–Kier alpha value is -2.15. The Kier molecular flexibility index (Phi) is 8.51. The molecule has 2 aromatic heterocycles. The Morgan fingerprint density at radius 2 is 1.93 bits per heavy atom. The summed E-state index contributed by atoms with van der Waals surface area (Å²) in [4.78, 5) is 17.4. The van der Waals surface area contributed by atoms with Crippen molar-refractivity contribution in [2.45, 2.75) is 47.6 Å². The minimum Gasteiger partial charge on any atom is -0.357 e. The van der Waals surface area contributed by atoms with E-state index in [1.807, 2.05) is 6.20 Å². The summed E-state index contributed by atoms with van der Waals surface area (Å²) in [6.45, 7) is 14.7. The van der Waals surface area contributed by atoms with E-state index in [0.717, 1.165) is 55.6 Å². The highest BCUT2D eigenvalue weighted by Gasteiger charge is 2.05. The van der Waals surface area contributed by atoms with Gasteiger partial charge in [-0.15, -0.1) is 11.3 Å². The zero-order valence-electron chi connectivity index (χ0n) is 17.2. The normalized spacial score (nSPS) is 11.5. The van der Waals surface area contributed by atoms with Crippen LogP contribution in [0, 0.1) is 13.8 Å². The van der Waals surface area contributed by atoms with Crippen molar-refractivity contribution in [3.8, 4) is 0 Å². The van der Waals surface area contributed by atoms with Crippen molar-refractivity contribution in [1.82, 2.24) is 20.6 Å². The number of thiazole rings is 1. The SMILES string of the molecule is CCNC(=NCc1ccc(N(CC)CC)nc1)NCCc1nc(C)c(C)s1. The lowest BCUT2D eigenvalue weighted by atomic mass is 10.3. The fourth-order valence-corrected chi connectivity index (χ4v) is 3.62. The first-order chi connectivity index (χ1) is 13.1. The molecular weight excluding hydrogens is 356 g/mol. The molecule has 0 aromatic carbocycles. The van der Waals surface area contributed by atoms with E-state index in [1.54, 1.807) is 11.3 Å². The Bertz CT molecular complexity index is 699. The summed E-state index contributed by atoms with van der Waals surface area (Å²) >= 11 is 1.77. The van der Waals surface area contributed by atoms with Gasteiger partial charge >= 0.3 is 0 Å². The van der Waals surface area contributed by atoms with E-state index in [4.69, 9.17) is 0 Å². The molecule has 0 unspecified atom stereocenters. The highest BCUT2D eigenvalue weighted by molar-refractivity contribution is 7.11. The molecule has 0 aliphatic heterocycles. The summed E-state index contributed by atoms with van der Waals surface area (Å²) in [6.07, 6.45) is 2.83. The van der Waals surface area contributed by atoms with Crippen molar-refractivity contribution in [3.05, 3.63) is 39.5 Å².